The molecule has 0 aliphatic carbocycles. The summed E-state index contributed by atoms with van der Waals surface area (Å²) < 4.78 is 7.15. The highest BCUT2D eigenvalue weighted by Crippen LogP contribution is 2.27. The van der Waals surface area contributed by atoms with Crippen LogP contribution >= 0.6 is 11.3 Å². The maximum atomic E-state index is 12.9. The summed E-state index contributed by atoms with van der Waals surface area (Å²) in [4.78, 5) is 18.4. The molecule has 142 valence electrons. The number of methoxy groups -OCH3 is 1. The van der Waals surface area contributed by atoms with Gasteiger partial charge in [-0.2, -0.15) is 5.10 Å². The molecule has 0 aliphatic heterocycles. The number of aromatic nitrogens is 3. The fraction of sp³-hybridized carbons (Fsp3) is 0.190. The van der Waals surface area contributed by atoms with Crippen LogP contribution in [0.4, 0.5) is 0 Å². The number of benzene rings is 1. The Morgan fingerprint density at radius 3 is 2.89 bits per heavy atom. The number of fused-ring (bicyclic) bond motifs is 1. The van der Waals surface area contributed by atoms with E-state index in [0.717, 1.165) is 27.4 Å². The lowest BCUT2D eigenvalue weighted by molar-refractivity contribution is 0.0941. The van der Waals surface area contributed by atoms with Gasteiger partial charge in [-0.15, -0.1) is 11.3 Å². The van der Waals surface area contributed by atoms with Gasteiger partial charge >= 0.3 is 0 Å². The number of hydrogen-bond acceptors (Lipinski definition) is 5. The van der Waals surface area contributed by atoms with Crippen LogP contribution in [0.2, 0.25) is 0 Å². The Morgan fingerprint density at radius 2 is 2.14 bits per heavy atom. The summed E-state index contributed by atoms with van der Waals surface area (Å²) in [5, 5.41) is 9.45. The number of carbonyl (C=O) groups excluding carboxylic acids is 1. The average molecular weight is 392 g/mol. The van der Waals surface area contributed by atoms with E-state index in [1.807, 2.05) is 55.6 Å². The predicted molar refractivity (Wildman–Crippen MR) is 110 cm³/mol. The van der Waals surface area contributed by atoms with Crippen molar-refractivity contribution in [2.45, 2.75) is 19.9 Å². The third-order valence-electron chi connectivity index (χ3n) is 4.62. The summed E-state index contributed by atoms with van der Waals surface area (Å²) in [7, 11) is 1.63. The molecule has 1 unspecified atom stereocenters. The molecule has 6 nitrogen and oxygen atoms in total. The topological polar surface area (TPSA) is 68.5 Å². The molecule has 4 aromatic rings. The second-order valence-electron chi connectivity index (χ2n) is 6.54. The zero-order chi connectivity index (χ0) is 19.7. The molecule has 0 radical (unpaired) electrons. The lowest BCUT2D eigenvalue weighted by Gasteiger charge is -2.17. The maximum absolute atomic E-state index is 12.9. The van der Waals surface area contributed by atoms with Crippen LogP contribution in [0.3, 0.4) is 0 Å². The largest absolute Gasteiger partial charge is 0.496 e. The number of nitrogens with one attached hydrogen (secondary N) is 1. The summed E-state index contributed by atoms with van der Waals surface area (Å²) in [6, 6.07) is 11.6. The zero-order valence-electron chi connectivity index (χ0n) is 15.8. The van der Waals surface area contributed by atoms with Crippen molar-refractivity contribution in [3.63, 3.8) is 0 Å². The van der Waals surface area contributed by atoms with E-state index in [4.69, 9.17) is 4.74 Å². The quantitative estimate of drug-likeness (QED) is 0.551. The fourth-order valence-electron chi connectivity index (χ4n) is 3.21. The second kappa shape index (κ2) is 7.44. The van der Waals surface area contributed by atoms with Gasteiger partial charge in [0, 0.05) is 11.8 Å². The molecule has 1 atom stereocenters. The number of hydrogen-bond donors (Lipinski definition) is 1. The van der Waals surface area contributed by atoms with Crippen molar-refractivity contribution >= 4 is 22.9 Å². The first-order chi connectivity index (χ1) is 13.6. The second-order valence-corrected chi connectivity index (χ2v) is 7.49. The van der Waals surface area contributed by atoms with Crippen molar-refractivity contribution < 1.29 is 9.53 Å². The summed E-state index contributed by atoms with van der Waals surface area (Å²) >= 11 is 1.62. The highest BCUT2D eigenvalue weighted by Gasteiger charge is 2.20. The van der Waals surface area contributed by atoms with E-state index < -0.39 is 0 Å². The lowest BCUT2D eigenvalue weighted by Crippen LogP contribution is -2.27. The van der Waals surface area contributed by atoms with Crippen molar-refractivity contribution in [3.8, 4) is 16.3 Å². The Morgan fingerprint density at radius 1 is 1.29 bits per heavy atom. The SMILES string of the molecule is COc1ccc(C)cc1C(C)NC(=O)c1cnn2c(-c3cccs3)ccnc12. The standard InChI is InChI=1S/C21H20N4O2S/c1-13-6-7-18(27-3)15(11-13)14(2)24-21(26)16-12-23-25-17(8-9-22-20(16)25)19-5-4-10-28-19/h4-12,14H,1-3H3,(H,24,26). The predicted octanol–water partition coefficient (Wildman–Crippen LogP) is 4.27. The molecule has 28 heavy (non-hydrogen) atoms. The Balaban J connectivity index is 1.65. The monoisotopic (exact) mass is 392 g/mol. The van der Waals surface area contributed by atoms with Gasteiger partial charge in [0.25, 0.3) is 5.91 Å². The first-order valence-corrected chi connectivity index (χ1v) is 9.78. The van der Waals surface area contributed by atoms with Gasteiger partial charge in [0.1, 0.15) is 11.3 Å². The lowest BCUT2D eigenvalue weighted by atomic mass is 10.0. The summed E-state index contributed by atoms with van der Waals surface area (Å²) in [5.74, 6) is 0.526. The van der Waals surface area contributed by atoms with E-state index in [2.05, 4.69) is 15.4 Å². The van der Waals surface area contributed by atoms with Crippen molar-refractivity contribution in [1.82, 2.24) is 19.9 Å². The molecule has 1 N–H and O–H groups in total. The first-order valence-electron chi connectivity index (χ1n) is 8.90. The molecular formula is C21H20N4O2S. The van der Waals surface area contributed by atoms with E-state index in [-0.39, 0.29) is 11.9 Å². The van der Waals surface area contributed by atoms with Gasteiger partial charge in [0.15, 0.2) is 5.65 Å². The number of thiophene rings is 1. The van der Waals surface area contributed by atoms with E-state index >= 15 is 0 Å². The van der Waals surface area contributed by atoms with Crippen LogP contribution in [0.5, 0.6) is 5.75 Å². The van der Waals surface area contributed by atoms with Crippen molar-refractivity contribution in [1.29, 1.82) is 0 Å². The normalized spacial score (nSPS) is 12.1. The summed E-state index contributed by atoms with van der Waals surface area (Å²) in [6.07, 6.45) is 3.27. The van der Waals surface area contributed by atoms with Gasteiger partial charge in [-0.05, 0) is 37.4 Å². The number of carbonyl (C=O) groups is 1. The van der Waals surface area contributed by atoms with Crippen molar-refractivity contribution in [3.05, 3.63) is 70.9 Å². The summed E-state index contributed by atoms with van der Waals surface area (Å²) in [6.45, 7) is 3.95. The Hall–Kier alpha value is -3.19. The Bertz CT molecular complexity index is 1130. The van der Waals surface area contributed by atoms with Gasteiger partial charge in [-0.1, -0.05) is 23.8 Å². The van der Waals surface area contributed by atoms with Crippen LogP contribution in [0.15, 0.2) is 54.2 Å². The molecular weight excluding hydrogens is 372 g/mol. The van der Waals surface area contributed by atoms with Gasteiger partial charge in [-0.3, -0.25) is 4.79 Å². The van der Waals surface area contributed by atoms with E-state index in [9.17, 15) is 4.79 Å². The molecule has 0 saturated carbocycles. The van der Waals surface area contributed by atoms with Crippen LogP contribution in [0, 0.1) is 6.92 Å². The number of ether oxygens (including phenoxy) is 1. The Kier molecular flexibility index (Phi) is 4.83. The van der Waals surface area contributed by atoms with Gasteiger partial charge < -0.3 is 10.1 Å². The van der Waals surface area contributed by atoms with Crippen molar-refractivity contribution in [2.75, 3.05) is 7.11 Å². The summed E-state index contributed by atoms with van der Waals surface area (Å²) in [5.41, 5.74) is 3.92. The minimum absolute atomic E-state index is 0.220. The molecule has 1 aromatic carbocycles. The van der Waals surface area contributed by atoms with E-state index in [1.165, 1.54) is 0 Å². The first kappa shape index (κ1) is 18.2. The highest BCUT2D eigenvalue weighted by atomic mass is 32.1. The molecule has 0 aliphatic rings. The molecule has 0 spiro atoms. The number of nitrogens with zero attached hydrogens (tertiary/aromatic N) is 3. The Labute approximate surface area is 166 Å². The third-order valence-corrected chi connectivity index (χ3v) is 5.51. The van der Waals surface area contributed by atoms with E-state index in [1.54, 1.807) is 35.4 Å². The number of rotatable bonds is 5. The smallest absolute Gasteiger partial charge is 0.257 e. The molecule has 3 heterocycles. The van der Waals surface area contributed by atoms with Crippen LogP contribution in [0.1, 0.15) is 34.5 Å². The van der Waals surface area contributed by atoms with Crippen LogP contribution in [0.25, 0.3) is 16.2 Å². The molecule has 0 saturated heterocycles. The van der Waals surface area contributed by atoms with Crippen LogP contribution in [-0.4, -0.2) is 27.6 Å². The van der Waals surface area contributed by atoms with Gasteiger partial charge in [-0.25, -0.2) is 9.50 Å². The average Bonchev–Trinajstić information content (AvgIpc) is 3.37. The molecule has 7 heteroatoms. The fourth-order valence-corrected chi connectivity index (χ4v) is 3.94. The third kappa shape index (κ3) is 3.25. The zero-order valence-corrected chi connectivity index (χ0v) is 16.7. The highest BCUT2D eigenvalue weighted by molar-refractivity contribution is 7.13. The minimum atomic E-state index is -0.224. The maximum Gasteiger partial charge on any atom is 0.257 e. The molecule has 1 amide bonds. The minimum Gasteiger partial charge on any atom is -0.496 e. The van der Waals surface area contributed by atoms with Gasteiger partial charge in [0.05, 0.1) is 29.9 Å². The van der Waals surface area contributed by atoms with E-state index in [0.29, 0.717) is 11.2 Å². The molecule has 0 fully saturated rings. The van der Waals surface area contributed by atoms with Crippen molar-refractivity contribution in [2.24, 2.45) is 0 Å². The van der Waals surface area contributed by atoms with Gasteiger partial charge in [0.2, 0.25) is 0 Å². The molecule has 4 rings (SSSR count). The number of amides is 1. The number of aryl methyl sites for hydroxylation is 1. The van der Waals surface area contributed by atoms with Crippen LogP contribution < -0.4 is 10.1 Å². The van der Waals surface area contributed by atoms with Crippen LogP contribution in [-0.2, 0) is 0 Å². The molecule has 0 bridgehead atoms. The molecule has 3 aromatic heterocycles.